The minimum atomic E-state index is -0.593. The summed E-state index contributed by atoms with van der Waals surface area (Å²) in [5.41, 5.74) is 0.789. The Morgan fingerprint density at radius 2 is 2.00 bits per heavy atom. The van der Waals surface area contributed by atoms with Crippen molar-refractivity contribution < 1.29 is 9.53 Å². The number of aromatic nitrogens is 2. The summed E-state index contributed by atoms with van der Waals surface area (Å²) >= 11 is 11.6. The van der Waals surface area contributed by atoms with E-state index in [0.717, 1.165) is 5.56 Å². The van der Waals surface area contributed by atoms with Crippen LogP contribution in [0.25, 0.3) is 0 Å². The van der Waals surface area contributed by atoms with Crippen LogP contribution in [0.2, 0.25) is 10.2 Å². The molecule has 0 unspecified atom stereocenters. The quantitative estimate of drug-likeness (QED) is 0.812. The molecule has 0 saturated carbocycles. The molecule has 18 heavy (non-hydrogen) atoms. The van der Waals surface area contributed by atoms with E-state index in [1.165, 1.54) is 12.4 Å². The summed E-state index contributed by atoms with van der Waals surface area (Å²) in [4.78, 5) is 19.2. The van der Waals surface area contributed by atoms with Crippen LogP contribution in [0.3, 0.4) is 0 Å². The van der Waals surface area contributed by atoms with E-state index in [-0.39, 0.29) is 17.5 Å². The molecule has 1 aromatic carbocycles. The number of hydrogen-bond donors (Lipinski definition) is 0. The van der Waals surface area contributed by atoms with Crippen LogP contribution in [-0.2, 0) is 11.3 Å². The van der Waals surface area contributed by atoms with Gasteiger partial charge in [-0.3, -0.25) is 4.98 Å². The minimum absolute atomic E-state index is 0.0644. The topological polar surface area (TPSA) is 52.1 Å². The molecule has 2 aromatic rings. The monoisotopic (exact) mass is 282 g/mol. The van der Waals surface area contributed by atoms with E-state index < -0.39 is 5.97 Å². The van der Waals surface area contributed by atoms with Crippen molar-refractivity contribution in [2.75, 3.05) is 0 Å². The number of carbonyl (C=O) groups is 1. The first-order valence-electron chi connectivity index (χ1n) is 5.05. The summed E-state index contributed by atoms with van der Waals surface area (Å²) in [7, 11) is 0. The first-order valence-corrected chi connectivity index (χ1v) is 5.80. The van der Waals surface area contributed by atoms with Crippen LogP contribution >= 0.6 is 23.2 Å². The van der Waals surface area contributed by atoms with Crippen LogP contribution in [0.1, 0.15) is 16.1 Å². The van der Waals surface area contributed by atoms with E-state index >= 15 is 0 Å². The van der Waals surface area contributed by atoms with Gasteiger partial charge in [0.1, 0.15) is 11.8 Å². The fourth-order valence-corrected chi connectivity index (χ4v) is 1.61. The number of esters is 1. The van der Waals surface area contributed by atoms with Gasteiger partial charge in [-0.2, -0.15) is 0 Å². The molecule has 0 aliphatic carbocycles. The number of ether oxygens (including phenoxy) is 1. The second-order valence-electron chi connectivity index (χ2n) is 3.39. The van der Waals surface area contributed by atoms with Crippen LogP contribution in [-0.4, -0.2) is 15.9 Å². The predicted octanol–water partition coefficient (Wildman–Crippen LogP) is 3.14. The molecule has 1 aromatic heterocycles. The number of benzene rings is 1. The molecule has 0 bridgehead atoms. The zero-order valence-corrected chi connectivity index (χ0v) is 10.6. The van der Waals surface area contributed by atoms with Crippen LogP contribution < -0.4 is 0 Å². The molecule has 0 saturated heterocycles. The Balaban J connectivity index is 2.03. The molecule has 0 aliphatic rings. The highest BCUT2D eigenvalue weighted by atomic mass is 35.5. The molecule has 6 heteroatoms. The summed E-state index contributed by atoms with van der Waals surface area (Å²) in [6, 6.07) is 7.12. The zero-order chi connectivity index (χ0) is 13.0. The van der Waals surface area contributed by atoms with Crippen molar-refractivity contribution >= 4 is 29.2 Å². The maximum absolute atomic E-state index is 11.7. The number of halogens is 2. The molecule has 1 heterocycles. The highest BCUT2D eigenvalue weighted by molar-refractivity contribution is 6.31. The molecular weight excluding hydrogens is 275 g/mol. The smallest absolute Gasteiger partial charge is 0.358 e. The average Bonchev–Trinajstić information content (AvgIpc) is 2.37. The first kappa shape index (κ1) is 12.8. The SMILES string of the molecule is O=C(OCc1ccccc1Cl)c1cncc(Cl)n1. The van der Waals surface area contributed by atoms with Crippen LogP contribution in [0.4, 0.5) is 0 Å². The second kappa shape index (κ2) is 5.80. The molecule has 4 nitrogen and oxygen atoms in total. The van der Waals surface area contributed by atoms with Gasteiger partial charge in [0.25, 0.3) is 0 Å². The first-order chi connectivity index (χ1) is 8.66. The van der Waals surface area contributed by atoms with E-state index in [1.807, 2.05) is 6.07 Å². The molecule has 0 spiro atoms. The molecule has 2 rings (SSSR count). The summed E-state index contributed by atoms with van der Waals surface area (Å²) in [6.07, 6.45) is 2.63. The number of nitrogens with zero attached hydrogens (tertiary/aromatic N) is 2. The van der Waals surface area contributed by atoms with E-state index in [9.17, 15) is 4.79 Å². The molecule has 0 radical (unpaired) electrons. The standard InChI is InChI=1S/C12H8Cl2N2O2/c13-9-4-2-1-3-8(9)7-18-12(17)10-5-15-6-11(14)16-10/h1-6H,7H2. The molecule has 0 fully saturated rings. The zero-order valence-electron chi connectivity index (χ0n) is 9.14. The van der Waals surface area contributed by atoms with Gasteiger partial charge in [0.05, 0.1) is 12.4 Å². The lowest BCUT2D eigenvalue weighted by Crippen LogP contribution is -2.08. The van der Waals surface area contributed by atoms with Crippen molar-refractivity contribution in [2.24, 2.45) is 0 Å². The third-order valence-corrected chi connectivity index (χ3v) is 2.68. The largest absolute Gasteiger partial charge is 0.456 e. The summed E-state index contributed by atoms with van der Waals surface area (Å²) in [5, 5.41) is 0.685. The molecule has 0 amide bonds. The Hall–Kier alpha value is -1.65. The van der Waals surface area contributed by atoms with Gasteiger partial charge >= 0.3 is 5.97 Å². The Morgan fingerprint density at radius 3 is 2.72 bits per heavy atom. The number of rotatable bonds is 3. The molecular formula is C12H8Cl2N2O2. The fraction of sp³-hybridized carbons (Fsp3) is 0.0833. The van der Waals surface area contributed by atoms with Gasteiger partial charge in [-0.1, -0.05) is 41.4 Å². The van der Waals surface area contributed by atoms with Crippen LogP contribution in [0, 0.1) is 0 Å². The van der Waals surface area contributed by atoms with E-state index in [0.29, 0.717) is 5.02 Å². The molecule has 92 valence electrons. The molecule has 0 atom stereocenters. The normalized spacial score (nSPS) is 10.1. The summed E-state index contributed by atoms with van der Waals surface area (Å²) in [5.74, 6) is -0.593. The lowest BCUT2D eigenvalue weighted by molar-refractivity contribution is 0.0465. The van der Waals surface area contributed by atoms with Crippen molar-refractivity contribution in [1.29, 1.82) is 0 Å². The highest BCUT2D eigenvalue weighted by Crippen LogP contribution is 2.16. The van der Waals surface area contributed by atoms with Gasteiger partial charge in [-0.25, -0.2) is 9.78 Å². The number of carbonyl (C=O) groups excluding carboxylic acids is 1. The van der Waals surface area contributed by atoms with E-state index in [2.05, 4.69) is 9.97 Å². The Labute approximate surface area is 114 Å². The van der Waals surface area contributed by atoms with Crippen LogP contribution in [0.5, 0.6) is 0 Å². The van der Waals surface area contributed by atoms with E-state index in [4.69, 9.17) is 27.9 Å². The van der Waals surface area contributed by atoms with Crippen LogP contribution in [0.15, 0.2) is 36.7 Å². The predicted molar refractivity (Wildman–Crippen MR) is 67.6 cm³/mol. The lowest BCUT2D eigenvalue weighted by atomic mass is 10.2. The Bertz CT molecular complexity index is 576. The molecule has 0 aliphatic heterocycles. The van der Waals surface area contributed by atoms with Gasteiger partial charge in [0.2, 0.25) is 0 Å². The van der Waals surface area contributed by atoms with Gasteiger partial charge in [-0.15, -0.1) is 0 Å². The molecule has 0 N–H and O–H groups in total. The minimum Gasteiger partial charge on any atom is -0.456 e. The Kier molecular flexibility index (Phi) is 4.12. The van der Waals surface area contributed by atoms with Crippen molar-refractivity contribution in [2.45, 2.75) is 6.61 Å². The third-order valence-electron chi connectivity index (χ3n) is 2.13. The van der Waals surface area contributed by atoms with Gasteiger partial charge in [0, 0.05) is 10.6 Å². The van der Waals surface area contributed by atoms with Crippen molar-refractivity contribution in [3.05, 3.63) is 58.1 Å². The van der Waals surface area contributed by atoms with Gasteiger partial charge in [0.15, 0.2) is 5.69 Å². The van der Waals surface area contributed by atoms with Crippen molar-refractivity contribution in [1.82, 2.24) is 9.97 Å². The maximum atomic E-state index is 11.7. The lowest BCUT2D eigenvalue weighted by Gasteiger charge is -2.05. The third kappa shape index (κ3) is 3.18. The van der Waals surface area contributed by atoms with Crippen molar-refractivity contribution in [3.63, 3.8) is 0 Å². The fourth-order valence-electron chi connectivity index (χ4n) is 1.27. The van der Waals surface area contributed by atoms with Gasteiger partial charge < -0.3 is 4.74 Å². The summed E-state index contributed by atoms with van der Waals surface area (Å²) in [6.45, 7) is 0.0761. The highest BCUT2D eigenvalue weighted by Gasteiger charge is 2.11. The Morgan fingerprint density at radius 1 is 1.22 bits per heavy atom. The maximum Gasteiger partial charge on any atom is 0.358 e. The second-order valence-corrected chi connectivity index (χ2v) is 4.19. The van der Waals surface area contributed by atoms with Crippen molar-refractivity contribution in [3.8, 4) is 0 Å². The van der Waals surface area contributed by atoms with Gasteiger partial charge in [-0.05, 0) is 6.07 Å². The number of hydrogen-bond acceptors (Lipinski definition) is 4. The summed E-state index contributed by atoms with van der Waals surface area (Å²) < 4.78 is 5.07. The van der Waals surface area contributed by atoms with E-state index in [1.54, 1.807) is 18.2 Å². The average molecular weight is 283 g/mol.